The third-order valence-corrected chi connectivity index (χ3v) is 5.30. The standard InChI is InChI=1S/C14H20N2O3S/c1-2-9-8-16(6-7-19-9)14-15-12-10(13(17)18)4-3-5-11(12)20-14/h9-10H,2-8H2,1H3,(H,17,18). The Balaban J connectivity index is 1.83. The zero-order chi connectivity index (χ0) is 14.1. The monoisotopic (exact) mass is 296 g/mol. The van der Waals surface area contributed by atoms with Gasteiger partial charge in [-0.3, -0.25) is 4.79 Å². The molecule has 1 aliphatic heterocycles. The number of anilines is 1. The Labute approximate surface area is 122 Å². The van der Waals surface area contributed by atoms with Gasteiger partial charge in [-0.05, 0) is 25.7 Å². The Morgan fingerprint density at radius 1 is 1.60 bits per heavy atom. The Hall–Kier alpha value is -1.14. The van der Waals surface area contributed by atoms with E-state index >= 15 is 0 Å². The molecule has 0 amide bonds. The van der Waals surface area contributed by atoms with E-state index in [0.717, 1.165) is 54.7 Å². The second-order valence-electron chi connectivity index (χ2n) is 5.43. The average molecular weight is 296 g/mol. The first-order chi connectivity index (χ1) is 9.69. The topological polar surface area (TPSA) is 62.7 Å². The highest BCUT2D eigenvalue weighted by atomic mass is 32.1. The highest BCUT2D eigenvalue weighted by molar-refractivity contribution is 7.15. The van der Waals surface area contributed by atoms with Crippen molar-refractivity contribution >= 4 is 22.4 Å². The molecule has 1 N–H and O–H groups in total. The molecule has 1 fully saturated rings. The van der Waals surface area contributed by atoms with Crippen LogP contribution in [0.15, 0.2) is 0 Å². The van der Waals surface area contributed by atoms with Gasteiger partial charge in [0.05, 0.1) is 18.4 Å². The summed E-state index contributed by atoms with van der Waals surface area (Å²) in [5.41, 5.74) is 0.809. The summed E-state index contributed by atoms with van der Waals surface area (Å²) in [5.74, 6) is -1.15. The quantitative estimate of drug-likeness (QED) is 0.927. The van der Waals surface area contributed by atoms with E-state index in [9.17, 15) is 9.90 Å². The van der Waals surface area contributed by atoms with E-state index in [4.69, 9.17) is 4.74 Å². The molecule has 2 heterocycles. The summed E-state index contributed by atoms with van der Waals surface area (Å²) < 4.78 is 5.68. The molecular formula is C14H20N2O3S. The van der Waals surface area contributed by atoms with Crippen LogP contribution in [-0.2, 0) is 16.0 Å². The van der Waals surface area contributed by atoms with Gasteiger partial charge in [-0.1, -0.05) is 6.92 Å². The van der Waals surface area contributed by atoms with E-state index in [0.29, 0.717) is 6.42 Å². The van der Waals surface area contributed by atoms with E-state index in [2.05, 4.69) is 16.8 Å². The molecule has 0 radical (unpaired) electrons. The minimum Gasteiger partial charge on any atom is -0.481 e. The van der Waals surface area contributed by atoms with E-state index in [1.807, 2.05) is 0 Å². The number of carbonyl (C=O) groups is 1. The van der Waals surface area contributed by atoms with Crippen LogP contribution in [0.3, 0.4) is 0 Å². The third kappa shape index (κ3) is 2.54. The van der Waals surface area contributed by atoms with E-state index < -0.39 is 11.9 Å². The van der Waals surface area contributed by atoms with Gasteiger partial charge in [-0.15, -0.1) is 11.3 Å². The van der Waals surface area contributed by atoms with Crippen molar-refractivity contribution in [2.24, 2.45) is 0 Å². The normalized spacial score (nSPS) is 26.4. The van der Waals surface area contributed by atoms with Gasteiger partial charge in [0, 0.05) is 18.0 Å². The fraction of sp³-hybridized carbons (Fsp3) is 0.714. The van der Waals surface area contributed by atoms with Crippen molar-refractivity contribution in [3.05, 3.63) is 10.6 Å². The molecule has 5 nitrogen and oxygen atoms in total. The number of hydrogen-bond donors (Lipinski definition) is 1. The summed E-state index contributed by atoms with van der Waals surface area (Å²) in [5, 5.41) is 10.3. The fourth-order valence-corrected chi connectivity index (χ4v) is 4.12. The maximum absolute atomic E-state index is 11.3. The molecule has 2 aliphatic rings. The van der Waals surface area contributed by atoms with Crippen LogP contribution < -0.4 is 4.90 Å². The van der Waals surface area contributed by atoms with Crippen molar-refractivity contribution in [3.63, 3.8) is 0 Å². The van der Waals surface area contributed by atoms with Gasteiger partial charge in [0.25, 0.3) is 0 Å². The summed E-state index contributed by atoms with van der Waals surface area (Å²) >= 11 is 1.67. The summed E-state index contributed by atoms with van der Waals surface area (Å²) in [6, 6.07) is 0. The van der Waals surface area contributed by atoms with Crippen LogP contribution in [-0.4, -0.2) is 41.9 Å². The molecular weight excluding hydrogens is 276 g/mol. The number of morpholine rings is 1. The molecule has 3 rings (SSSR count). The minimum atomic E-state index is -0.740. The number of carboxylic acids is 1. The first-order valence-corrected chi connectivity index (χ1v) is 8.09. The summed E-state index contributed by atoms with van der Waals surface area (Å²) in [6.07, 6.45) is 3.90. The van der Waals surface area contributed by atoms with Crippen LogP contribution in [0.25, 0.3) is 0 Å². The van der Waals surface area contributed by atoms with Crippen molar-refractivity contribution in [1.29, 1.82) is 0 Å². The molecule has 2 unspecified atom stereocenters. The molecule has 0 saturated carbocycles. The van der Waals surface area contributed by atoms with Crippen molar-refractivity contribution in [2.75, 3.05) is 24.6 Å². The van der Waals surface area contributed by atoms with Crippen LogP contribution in [0.4, 0.5) is 5.13 Å². The highest BCUT2D eigenvalue weighted by Crippen LogP contribution is 2.38. The van der Waals surface area contributed by atoms with Gasteiger partial charge in [0.15, 0.2) is 5.13 Å². The molecule has 0 aromatic carbocycles. The predicted octanol–water partition coefficient (Wildman–Crippen LogP) is 2.26. The lowest BCUT2D eigenvalue weighted by molar-refractivity contribution is -0.139. The van der Waals surface area contributed by atoms with Crippen LogP contribution in [0.1, 0.15) is 42.7 Å². The van der Waals surface area contributed by atoms with E-state index in [1.54, 1.807) is 11.3 Å². The van der Waals surface area contributed by atoms with Crippen molar-refractivity contribution in [2.45, 2.75) is 44.6 Å². The molecule has 0 bridgehead atoms. The van der Waals surface area contributed by atoms with Crippen molar-refractivity contribution in [1.82, 2.24) is 4.98 Å². The molecule has 2 atom stereocenters. The SMILES string of the molecule is CCC1CN(c2nc3c(s2)CCCC3C(=O)O)CCO1. The second kappa shape index (κ2) is 5.69. The molecule has 1 aliphatic carbocycles. The number of hydrogen-bond acceptors (Lipinski definition) is 5. The van der Waals surface area contributed by atoms with E-state index in [1.165, 1.54) is 0 Å². The number of aromatic nitrogens is 1. The number of rotatable bonds is 3. The van der Waals surface area contributed by atoms with Crippen LogP contribution in [0.2, 0.25) is 0 Å². The average Bonchev–Trinajstić information content (AvgIpc) is 2.91. The lowest BCUT2D eigenvalue weighted by atomic mass is 9.91. The van der Waals surface area contributed by atoms with E-state index in [-0.39, 0.29) is 6.10 Å². The number of aryl methyl sites for hydroxylation is 1. The summed E-state index contributed by atoms with van der Waals surface area (Å²) in [6.45, 7) is 4.56. The van der Waals surface area contributed by atoms with Crippen molar-refractivity contribution < 1.29 is 14.6 Å². The minimum absolute atomic E-state index is 0.264. The van der Waals surface area contributed by atoms with Gasteiger partial charge in [-0.25, -0.2) is 4.98 Å². The molecule has 110 valence electrons. The largest absolute Gasteiger partial charge is 0.481 e. The van der Waals surface area contributed by atoms with Gasteiger partial charge >= 0.3 is 5.97 Å². The third-order valence-electron chi connectivity index (χ3n) is 4.11. The van der Waals surface area contributed by atoms with Crippen LogP contribution in [0, 0.1) is 0 Å². The highest BCUT2D eigenvalue weighted by Gasteiger charge is 2.31. The number of nitrogens with zero attached hydrogens (tertiary/aromatic N) is 2. The molecule has 20 heavy (non-hydrogen) atoms. The Morgan fingerprint density at radius 3 is 3.20 bits per heavy atom. The van der Waals surface area contributed by atoms with Gasteiger partial charge in [-0.2, -0.15) is 0 Å². The molecule has 0 spiro atoms. The first kappa shape index (κ1) is 13.8. The smallest absolute Gasteiger partial charge is 0.312 e. The zero-order valence-corrected chi connectivity index (χ0v) is 12.5. The zero-order valence-electron chi connectivity index (χ0n) is 11.7. The second-order valence-corrected chi connectivity index (χ2v) is 6.50. The number of aliphatic carboxylic acids is 1. The Kier molecular flexibility index (Phi) is 3.94. The van der Waals surface area contributed by atoms with Crippen LogP contribution in [0.5, 0.6) is 0 Å². The Morgan fingerprint density at radius 2 is 2.45 bits per heavy atom. The van der Waals surface area contributed by atoms with Crippen LogP contribution >= 0.6 is 11.3 Å². The fourth-order valence-electron chi connectivity index (χ4n) is 2.92. The lowest BCUT2D eigenvalue weighted by Crippen LogP contribution is -2.42. The molecule has 1 saturated heterocycles. The molecule has 6 heteroatoms. The predicted molar refractivity (Wildman–Crippen MR) is 77.7 cm³/mol. The number of ether oxygens (including phenoxy) is 1. The van der Waals surface area contributed by atoms with Gasteiger partial charge < -0.3 is 14.7 Å². The lowest BCUT2D eigenvalue weighted by Gasteiger charge is -2.32. The first-order valence-electron chi connectivity index (χ1n) is 7.28. The summed E-state index contributed by atoms with van der Waals surface area (Å²) in [4.78, 5) is 19.4. The maximum atomic E-state index is 11.3. The number of fused-ring (bicyclic) bond motifs is 1. The maximum Gasteiger partial charge on any atom is 0.312 e. The van der Waals surface area contributed by atoms with Gasteiger partial charge in [0.1, 0.15) is 5.92 Å². The molecule has 1 aromatic rings. The number of carboxylic acid groups (broad SMARTS) is 1. The Bertz CT molecular complexity index is 503. The summed E-state index contributed by atoms with van der Waals surface area (Å²) in [7, 11) is 0. The number of thiazole rings is 1. The van der Waals surface area contributed by atoms with Crippen molar-refractivity contribution in [3.8, 4) is 0 Å². The molecule has 1 aromatic heterocycles. The van der Waals surface area contributed by atoms with Gasteiger partial charge in [0.2, 0.25) is 0 Å².